The lowest BCUT2D eigenvalue weighted by Crippen LogP contribution is -2.53. The van der Waals surface area contributed by atoms with Crippen molar-refractivity contribution in [2.75, 3.05) is 24.0 Å². The van der Waals surface area contributed by atoms with Crippen LogP contribution in [-0.4, -0.2) is 50.9 Å². The van der Waals surface area contributed by atoms with Crippen LogP contribution in [0.2, 0.25) is 0 Å². The van der Waals surface area contributed by atoms with Crippen molar-refractivity contribution in [1.29, 1.82) is 0 Å². The molecule has 1 unspecified atom stereocenters. The zero-order valence-corrected chi connectivity index (χ0v) is 27.2. The van der Waals surface area contributed by atoms with Crippen molar-refractivity contribution in [3.8, 4) is 5.75 Å². The van der Waals surface area contributed by atoms with Crippen LogP contribution in [-0.2, 0) is 32.6 Å². The number of anilines is 1. The summed E-state index contributed by atoms with van der Waals surface area (Å²) in [6.07, 6.45) is 0.871. The molecule has 8 nitrogen and oxygen atoms in total. The van der Waals surface area contributed by atoms with Crippen LogP contribution in [0.1, 0.15) is 37.0 Å². The smallest absolute Gasteiger partial charge is 0.264 e. The molecule has 4 aromatic rings. The molecule has 1 N–H and O–H groups in total. The molecular formula is C36H40FN3O5S. The number of rotatable bonds is 15. The Morgan fingerprint density at radius 2 is 1.50 bits per heavy atom. The van der Waals surface area contributed by atoms with Crippen LogP contribution in [0, 0.1) is 12.7 Å². The second-order valence-electron chi connectivity index (χ2n) is 10.9. The molecule has 0 aliphatic carbocycles. The molecule has 242 valence electrons. The van der Waals surface area contributed by atoms with E-state index in [2.05, 4.69) is 5.32 Å². The molecule has 1 atom stereocenters. The summed E-state index contributed by atoms with van der Waals surface area (Å²) >= 11 is 0. The van der Waals surface area contributed by atoms with Gasteiger partial charge in [-0.2, -0.15) is 0 Å². The Morgan fingerprint density at radius 3 is 2.15 bits per heavy atom. The van der Waals surface area contributed by atoms with E-state index in [1.165, 1.54) is 29.2 Å². The van der Waals surface area contributed by atoms with E-state index in [4.69, 9.17) is 4.74 Å². The van der Waals surface area contributed by atoms with Crippen molar-refractivity contribution in [1.82, 2.24) is 10.2 Å². The van der Waals surface area contributed by atoms with E-state index in [1.54, 1.807) is 55.5 Å². The summed E-state index contributed by atoms with van der Waals surface area (Å²) in [6, 6.07) is 27.0. The Morgan fingerprint density at radius 1 is 0.848 bits per heavy atom. The number of halogens is 1. The highest BCUT2D eigenvalue weighted by Gasteiger charge is 2.35. The highest BCUT2D eigenvalue weighted by Crippen LogP contribution is 2.33. The number of aryl methyl sites for hydroxylation is 1. The molecule has 0 aromatic heterocycles. The van der Waals surface area contributed by atoms with E-state index < -0.39 is 34.3 Å². The van der Waals surface area contributed by atoms with E-state index in [-0.39, 0.29) is 36.1 Å². The number of ether oxygens (including phenoxy) is 1. The van der Waals surface area contributed by atoms with Crippen LogP contribution in [0.15, 0.2) is 108 Å². The number of carbonyl (C=O) groups is 2. The number of carbonyl (C=O) groups excluding carboxylic acids is 2. The molecule has 0 saturated carbocycles. The van der Waals surface area contributed by atoms with Gasteiger partial charge in [0.2, 0.25) is 11.8 Å². The molecule has 0 aliphatic heterocycles. The molecule has 0 saturated heterocycles. The molecule has 2 amide bonds. The normalized spacial score (nSPS) is 11.8. The van der Waals surface area contributed by atoms with Crippen molar-refractivity contribution in [3.05, 3.63) is 126 Å². The third-order valence-electron chi connectivity index (χ3n) is 7.41. The summed E-state index contributed by atoms with van der Waals surface area (Å²) in [5.74, 6) is -1.13. The number of benzene rings is 4. The predicted octanol–water partition coefficient (Wildman–Crippen LogP) is 5.89. The average Bonchev–Trinajstić information content (AvgIpc) is 3.06. The van der Waals surface area contributed by atoms with E-state index >= 15 is 0 Å². The first kappa shape index (κ1) is 34.2. The maximum atomic E-state index is 14.5. The van der Waals surface area contributed by atoms with Crippen molar-refractivity contribution in [2.24, 2.45) is 0 Å². The Labute approximate surface area is 270 Å². The maximum absolute atomic E-state index is 14.5. The molecule has 10 heteroatoms. The van der Waals surface area contributed by atoms with Crippen LogP contribution in [0.3, 0.4) is 0 Å². The van der Waals surface area contributed by atoms with Gasteiger partial charge in [0.25, 0.3) is 10.0 Å². The highest BCUT2D eigenvalue weighted by molar-refractivity contribution is 7.92. The topological polar surface area (TPSA) is 96.0 Å². The fraction of sp³-hybridized carbons (Fsp3) is 0.278. The molecule has 0 heterocycles. The van der Waals surface area contributed by atoms with Gasteiger partial charge in [-0.25, -0.2) is 12.8 Å². The van der Waals surface area contributed by atoms with E-state index in [0.717, 1.165) is 15.4 Å². The van der Waals surface area contributed by atoms with Crippen LogP contribution in [0.25, 0.3) is 0 Å². The van der Waals surface area contributed by atoms with Gasteiger partial charge in [0.1, 0.15) is 24.2 Å². The van der Waals surface area contributed by atoms with Gasteiger partial charge in [0, 0.05) is 19.5 Å². The molecule has 4 aromatic carbocycles. The van der Waals surface area contributed by atoms with Gasteiger partial charge >= 0.3 is 0 Å². The molecule has 46 heavy (non-hydrogen) atoms. The first-order valence-corrected chi connectivity index (χ1v) is 16.7. The molecule has 0 aliphatic rings. The average molecular weight is 646 g/mol. The van der Waals surface area contributed by atoms with Crippen molar-refractivity contribution in [3.63, 3.8) is 0 Å². The number of hydrogen-bond acceptors (Lipinski definition) is 5. The number of para-hydroxylation sites is 2. The lowest BCUT2D eigenvalue weighted by atomic mass is 10.0. The second-order valence-corrected chi connectivity index (χ2v) is 12.7. The van der Waals surface area contributed by atoms with Crippen molar-refractivity contribution in [2.45, 2.75) is 51.1 Å². The predicted molar refractivity (Wildman–Crippen MR) is 178 cm³/mol. The number of sulfonamides is 1. The third kappa shape index (κ3) is 8.72. The first-order chi connectivity index (χ1) is 22.1. The Kier molecular flexibility index (Phi) is 11.9. The highest BCUT2D eigenvalue weighted by atomic mass is 32.2. The van der Waals surface area contributed by atoms with Gasteiger partial charge < -0.3 is 15.0 Å². The van der Waals surface area contributed by atoms with Crippen LogP contribution < -0.4 is 14.4 Å². The minimum absolute atomic E-state index is 0.00353. The third-order valence-corrected chi connectivity index (χ3v) is 9.18. The van der Waals surface area contributed by atoms with Gasteiger partial charge in [0.15, 0.2) is 0 Å². The minimum Gasteiger partial charge on any atom is -0.492 e. The van der Waals surface area contributed by atoms with Crippen LogP contribution in [0.4, 0.5) is 10.1 Å². The largest absolute Gasteiger partial charge is 0.492 e. The maximum Gasteiger partial charge on any atom is 0.264 e. The SMILES string of the molecule is CCCNC(=O)C(Cc1ccccc1)N(Cc1ccc(F)cc1)C(=O)CN(c1ccccc1OCC)S(=O)(=O)c1ccc(C)cc1. The second kappa shape index (κ2) is 16.0. The van der Waals surface area contributed by atoms with Gasteiger partial charge in [-0.3, -0.25) is 13.9 Å². The lowest BCUT2D eigenvalue weighted by Gasteiger charge is -2.34. The molecular weight excluding hydrogens is 605 g/mol. The standard InChI is InChI=1S/C36H40FN3O5S/c1-4-23-38-36(42)33(24-28-11-7-6-8-12-28)39(25-29-17-19-30(37)20-18-29)35(41)26-40(32-13-9-10-14-34(32)45-5-2)46(43,44)31-21-15-27(3)16-22-31/h6-22,33H,4-5,23-26H2,1-3H3,(H,38,42). The van der Waals surface area contributed by atoms with Gasteiger partial charge in [0.05, 0.1) is 17.2 Å². The van der Waals surface area contributed by atoms with Gasteiger partial charge in [-0.05, 0) is 67.8 Å². The summed E-state index contributed by atoms with van der Waals surface area (Å²) < 4.78 is 49.2. The quantitative estimate of drug-likeness (QED) is 0.174. The monoisotopic (exact) mass is 645 g/mol. The van der Waals surface area contributed by atoms with Crippen molar-refractivity contribution >= 4 is 27.5 Å². The summed E-state index contributed by atoms with van der Waals surface area (Å²) in [5, 5.41) is 2.91. The summed E-state index contributed by atoms with van der Waals surface area (Å²) in [7, 11) is -4.28. The molecule has 0 fully saturated rings. The van der Waals surface area contributed by atoms with Crippen molar-refractivity contribution < 1.29 is 27.1 Å². The Balaban J connectivity index is 1.82. The molecule has 0 bridgehead atoms. The van der Waals surface area contributed by atoms with E-state index in [1.807, 2.05) is 44.2 Å². The fourth-order valence-electron chi connectivity index (χ4n) is 5.00. The Hall–Kier alpha value is -4.70. The van der Waals surface area contributed by atoms with E-state index in [0.29, 0.717) is 24.3 Å². The summed E-state index contributed by atoms with van der Waals surface area (Å²) in [6.45, 7) is 5.57. The van der Waals surface area contributed by atoms with Crippen LogP contribution in [0.5, 0.6) is 5.75 Å². The zero-order chi connectivity index (χ0) is 33.1. The molecule has 0 spiro atoms. The molecule has 4 rings (SSSR count). The first-order valence-electron chi connectivity index (χ1n) is 15.3. The number of nitrogens with one attached hydrogen (secondary N) is 1. The zero-order valence-electron chi connectivity index (χ0n) is 26.4. The lowest BCUT2D eigenvalue weighted by molar-refractivity contribution is -0.140. The van der Waals surface area contributed by atoms with Gasteiger partial charge in [-0.15, -0.1) is 0 Å². The number of amides is 2. The fourth-order valence-corrected chi connectivity index (χ4v) is 6.42. The minimum atomic E-state index is -4.28. The molecule has 0 radical (unpaired) electrons. The van der Waals surface area contributed by atoms with Gasteiger partial charge in [-0.1, -0.05) is 79.2 Å². The number of nitrogens with zero attached hydrogens (tertiary/aromatic N) is 2. The summed E-state index contributed by atoms with van der Waals surface area (Å²) in [5.41, 5.74) is 2.47. The Bertz CT molecular complexity index is 1700. The summed E-state index contributed by atoms with van der Waals surface area (Å²) in [4.78, 5) is 29.6. The van der Waals surface area contributed by atoms with Crippen LogP contribution >= 0.6 is 0 Å². The number of hydrogen-bond donors (Lipinski definition) is 1. The van der Waals surface area contributed by atoms with E-state index in [9.17, 15) is 22.4 Å².